The number of nitrogens with one attached hydrogen (secondary N) is 2. The third-order valence-corrected chi connectivity index (χ3v) is 5.50. The molecule has 34 heavy (non-hydrogen) atoms. The molecule has 3 aromatic rings. The summed E-state index contributed by atoms with van der Waals surface area (Å²) >= 11 is 0. The number of hydrogen-bond acceptors (Lipinski definition) is 2. The average molecular weight is 453 g/mol. The molecule has 0 radical (unpaired) electrons. The van der Waals surface area contributed by atoms with Crippen molar-refractivity contribution in [1.29, 1.82) is 0 Å². The zero-order valence-corrected chi connectivity index (χ0v) is 20.2. The average Bonchev–Trinajstić information content (AvgIpc) is 2.83. The quantitative estimate of drug-likeness (QED) is 0.354. The maximum atomic E-state index is 12.5. The summed E-state index contributed by atoms with van der Waals surface area (Å²) in [6.07, 6.45) is 6.52. The van der Waals surface area contributed by atoms with Gasteiger partial charge in [0, 0.05) is 12.2 Å². The van der Waals surface area contributed by atoms with E-state index in [0.717, 1.165) is 11.1 Å². The van der Waals surface area contributed by atoms with Gasteiger partial charge in [-0.2, -0.15) is 0 Å². The Morgan fingerprint density at radius 3 is 1.26 bits per heavy atom. The number of para-hydroxylation sites is 2. The summed E-state index contributed by atoms with van der Waals surface area (Å²) in [5, 5.41) is 5.68. The van der Waals surface area contributed by atoms with Gasteiger partial charge in [-0.1, -0.05) is 88.4 Å². The van der Waals surface area contributed by atoms with Crippen LogP contribution in [0.15, 0.2) is 84.9 Å². The van der Waals surface area contributed by atoms with Gasteiger partial charge in [-0.25, -0.2) is 0 Å². The number of amides is 2. The number of anilines is 2. The lowest BCUT2D eigenvalue weighted by Crippen LogP contribution is -2.13. The molecule has 4 heteroatoms. The van der Waals surface area contributed by atoms with E-state index in [9.17, 15) is 9.59 Å². The van der Waals surface area contributed by atoms with Gasteiger partial charge in [0.15, 0.2) is 0 Å². The molecule has 0 aromatic heterocycles. The van der Waals surface area contributed by atoms with Crippen molar-refractivity contribution in [2.45, 2.75) is 39.5 Å². The van der Waals surface area contributed by atoms with E-state index in [1.54, 1.807) is 24.3 Å². The Hall–Kier alpha value is -3.92. The molecule has 3 rings (SSSR count). The molecule has 0 fully saturated rings. The Labute approximate surface area is 202 Å². The van der Waals surface area contributed by atoms with E-state index < -0.39 is 0 Å². The van der Waals surface area contributed by atoms with Gasteiger partial charge in [-0.15, -0.1) is 0 Å². The molecular weight excluding hydrogens is 420 g/mol. The van der Waals surface area contributed by atoms with Gasteiger partial charge in [0.05, 0.1) is 11.4 Å². The van der Waals surface area contributed by atoms with E-state index in [1.807, 2.05) is 36.4 Å². The van der Waals surface area contributed by atoms with Gasteiger partial charge in [0.2, 0.25) is 11.8 Å². The Morgan fingerprint density at radius 1 is 0.588 bits per heavy atom. The fraction of sp³-hybridized carbons (Fsp3) is 0.200. The largest absolute Gasteiger partial charge is 0.321 e. The minimum atomic E-state index is -0.268. The Balaban J connectivity index is 1.61. The van der Waals surface area contributed by atoms with Gasteiger partial charge in [0.25, 0.3) is 0 Å². The summed E-state index contributed by atoms with van der Waals surface area (Å²) in [5.74, 6) is 0.396. The number of rotatable bonds is 8. The molecule has 0 aliphatic heterocycles. The summed E-state index contributed by atoms with van der Waals surface area (Å²) < 4.78 is 0. The highest BCUT2D eigenvalue weighted by Gasteiger charge is 2.07. The zero-order valence-electron chi connectivity index (χ0n) is 20.2. The lowest BCUT2D eigenvalue weighted by molar-refractivity contribution is -0.112. The van der Waals surface area contributed by atoms with Crippen molar-refractivity contribution in [3.05, 3.63) is 107 Å². The smallest absolute Gasteiger partial charge is 0.248 e. The van der Waals surface area contributed by atoms with E-state index >= 15 is 0 Å². The maximum absolute atomic E-state index is 12.5. The molecule has 2 N–H and O–H groups in total. The number of benzene rings is 3. The second kappa shape index (κ2) is 11.8. The SMILES string of the molecule is CC(C)c1ccc(C=CC(=O)Nc2ccccc2NC(=O)C=Cc2ccc(C(C)C)cc2)cc1. The summed E-state index contributed by atoms with van der Waals surface area (Å²) in [4.78, 5) is 24.9. The first-order valence-electron chi connectivity index (χ1n) is 11.6. The molecule has 0 unspecified atom stereocenters. The van der Waals surface area contributed by atoms with Crippen LogP contribution in [-0.2, 0) is 9.59 Å². The highest BCUT2D eigenvalue weighted by atomic mass is 16.2. The molecule has 2 amide bonds. The lowest BCUT2D eigenvalue weighted by Gasteiger charge is -2.10. The first-order valence-corrected chi connectivity index (χ1v) is 11.6. The summed E-state index contributed by atoms with van der Waals surface area (Å²) in [5.41, 5.74) is 5.49. The summed E-state index contributed by atoms with van der Waals surface area (Å²) in [6.45, 7) is 8.59. The number of hydrogen-bond donors (Lipinski definition) is 2. The Kier molecular flexibility index (Phi) is 8.58. The Morgan fingerprint density at radius 2 is 0.941 bits per heavy atom. The van der Waals surface area contributed by atoms with E-state index in [0.29, 0.717) is 23.2 Å². The maximum Gasteiger partial charge on any atom is 0.248 e. The van der Waals surface area contributed by atoms with Crippen LogP contribution in [0, 0.1) is 0 Å². The molecule has 0 bridgehead atoms. The van der Waals surface area contributed by atoms with Crippen molar-refractivity contribution in [3.63, 3.8) is 0 Å². The van der Waals surface area contributed by atoms with Crippen LogP contribution in [0.3, 0.4) is 0 Å². The minimum Gasteiger partial charge on any atom is -0.321 e. The molecule has 0 atom stereocenters. The van der Waals surface area contributed by atoms with E-state index in [2.05, 4.69) is 62.6 Å². The van der Waals surface area contributed by atoms with Crippen molar-refractivity contribution >= 4 is 35.3 Å². The molecule has 3 aromatic carbocycles. The molecule has 0 saturated carbocycles. The third kappa shape index (κ3) is 7.31. The third-order valence-electron chi connectivity index (χ3n) is 5.50. The van der Waals surface area contributed by atoms with E-state index in [4.69, 9.17) is 0 Å². The predicted molar refractivity (Wildman–Crippen MR) is 143 cm³/mol. The van der Waals surface area contributed by atoms with Crippen molar-refractivity contribution in [2.75, 3.05) is 10.6 Å². The minimum absolute atomic E-state index is 0.268. The van der Waals surface area contributed by atoms with Crippen LogP contribution in [0.2, 0.25) is 0 Å². The first-order chi connectivity index (χ1) is 16.3. The predicted octanol–water partition coefficient (Wildman–Crippen LogP) is 7.24. The van der Waals surface area contributed by atoms with Crippen molar-refractivity contribution in [1.82, 2.24) is 0 Å². The fourth-order valence-corrected chi connectivity index (χ4v) is 3.38. The van der Waals surface area contributed by atoms with Crippen molar-refractivity contribution in [2.24, 2.45) is 0 Å². The molecule has 0 aliphatic carbocycles. The van der Waals surface area contributed by atoms with E-state index in [1.165, 1.54) is 23.3 Å². The van der Waals surface area contributed by atoms with Crippen LogP contribution in [0.25, 0.3) is 12.2 Å². The summed E-state index contributed by atoms with van der Waals surface area (Å²) in [7, 11) is 0. The fourth-order valence-electron chi connectivity index (χ4n) is 3.38. The Bertz CT molecular complexity index is 1080. The number of carbonyl (C=O) groups excluding carboxylic acids is 2. The second-order valence-corrected chi connectivity index (χ2v) is 8.83. The lowest BCUT2D eigenvalue weighted by atomic mass is 10.0. The van der Waals surface area contributed by atoms with Crippen molar-refractivity contribution < 1.29 is 9.59 Å². The van der Waals surface area contributed by atoms with Crippen LogP contribution in [0.5, 0.6) is 0 Å². The molecule has 4 nitrogen and oxygen atoms in total. The first kappa shape index (κ1) is 24.7. The molecule has 0 aliphatic rings. The van der Waals surface area contributed by atoms with Gasteiger partial charge >= 0.3 is 0 Å². The van der Waals surface area contributed by atoms with Crippen LogP contribution < -0.4 is 10.6 Å². The molecule has 174 valence electrons. The standard InChI is InChI=1S/C30H32N2O2/c1-21(2)25-15-9-23(10-16-25)13-19-29(33)31-27-7-5-6-8-28(27)32-30(34)20-14-24-11-17-26(18-12-24)22(3)4/h5-22H,1-4H3,(H,31,33)(H,32,34). The topological polar surface area (TPSA) is 58.2 Å². The van der Waals surface area contributed by atoms with Crippen molar-refractivity contribution in [3.8, 4) is 0 Å². The second-order valence-electron chi connectivity index (χ2n) is 8.83. The summed E-state index contributed by atoms with van der Waals surface area (Å²) in [6, 6.07) is 23.4. The van der Waals surface area contributed by atoms with Crippen LogP contribution >= 0.6 is 0 Å². The number of carbonyl (C=O) groups is 2. The van der Waals surface area contributed by atoms with Crippen LogP contribution in [0.1, 0.15) is 61.8 Å². The van der Waals surface area contributed by atoms with Gasteiger partial charge in [-0.05, 0) is 58.4 Å². The van der Waals surface area contributed by atoms with Crippen LogP contribution in [0.4, 0.5) is 11.4 Å². The van der Waals surface area contributed by atoms with Gasteiger partial charge in [0.1, 0.15) is 0 Å². The molecule has 0 saturated heterocycles. The molecule has 0 heterocycles. The monoisotopic (exact) mass is 452 g/mol. The van der Waals surface area contributed by atoms with Crippen LogP contribution in [-0.4, -0.2) is 11.8 Å². The highest BCUT2D eigenvalue weighted by Crippen LogP contribution is 2.22. The van der Waals surface area contributed by atoms with Gasteiger partial charge in [-0.3, -0.25) is 9.59 Å². The highest BCUT2D eigenvalue weighted by molar-refractivity contribution is 6.07. The normalized spacial score (nSPS) is 11.5. The van der Waals surface area contributed by atoms with Gasteiger partial charge < -0.3 is 10.6 Å². The molecular formula is C30H32N2O2. The van der Waals surface area contributed by atoms with E-state index in [-0.39, 0.29) is 11.8 Å². The zero-order chi connectivity index (χ0) is 24.5. The molecule has 0 spiro atoms.